The zero-order valence-electron chi connectivity index (χ0n) is 7.70. The van der Waals surface area contributed by atoms with E-state index in [-0.39, 0.29) is 0 Å². The topological polar surface area (TPSA) is 34.1 Å². The van der Waals surface area contributed by atoms with E-state index in [4.69, 9.17) is 0 Å². The Kier molecular flexibility index (Phi) is 4.58. The van der Waals surface area contributed by atoms with Gasteiger partial charge in [-0.2, -0.15) is 11.8 Å². The fraction of sp³-hybridized carbons (Fsp3) is 1.00. The van der Waals surface area contributed by atoms with Crippen LogP contribution in [0.1, 0.15) is 12.8 Å². The van der Waals surface area contributed by atoms with E-state index in [9.17, 15) is 8.42 Å². The third-order valence-electron chi connectivity index (χ3n) is 2.21. The van der Waals surface area contributed by atoms with Crippen LogP contribution >= 0.6 is 27.7 Å². The van der Waals surface area contributed by atoms with Gasteiger partial charge in [-0.1, -0.05) is 15.9 Å². The van der Waals surface area contributed by atoms with Crippen LogP contribution in [0, 0.1) is 5.92 Å². The van der Waals surface area contributed by atoms with Crippen LogP contribution in [0.4, 0.5) is 0 Å². The van der Waals surface area contributed by atoms with Crippen LogP contribution in [-0.2, 0) is 9.84 Å². The van der Waals surface area contributed by atoms with Gasteiger partial charge in [0.2, 0.25) is 0 Å². The third-order valence-corrected chi connectivity index (χ3v) is 6.00. The molecule has 1 aliphatic heterocycles. The second kappa shape index (κ2) is 5.03. The lowest BCUT2D eigenvalue weighted by molar-refractivity contribution is 0.546. The van der Waals surface area contributed by atoms with Crippen molar-refractivity contribution in [2.24, 2.45) is 5.92 Å². The van der Waals surface area contributed by atoms with Gasteiger partial charge in [-0.15, -0.1) is 0 Å². The zero-order valence-corrected chi connectivity index (χ0v) is 10.9. The van der Waals surface area contributed by atoms with E-state index >= 15 is 0 Å². The van der Waals surface area contributed by atoms with E-state index in [0.29, 0.717) is 16.5 Å². The molecule has 2 atom stereocenters. The minimum Gasteiger partial charge on any atom is -0.229 e. The molecule has 0 N–H and O–H groups in total. The molecule has 0 aromatic rings. The lowest BCUT2D eigenvalue weighted by Gasteiger charge is -2.11. The molecule has 0 aromatic heterocycles. The van der Waals surface area contributed by atoms with Crippen LogP contribution in [0.25, 0.3) is 0 Å². The molecule has 0 spiro atoms. The van der Waals surface area contributed by atoms with Gasteiger partial charge in [0, 0.05) is 22.6 Å². The molecule has 0 aliphatic carbocycles. The highest BCUT2D eigenvalue weighted by Gasteiger charge is 2.24. The first-order valence-corrected chi connectivity index (χ1v) is 8.51. The van der Waals surface area contributed by atoms with E-state index in [0.717, 1.165) is 12.8 Å². The number of hydrogen-bond acceptors (Lipinski definition) is 3. The molecule has 1 aliphatic rings. The van der Waals surface area contributed by atoms with Gasteiger partial charge in [0.15, 0.2) is 0 Å². The van der Waals surface area contributed by atoms with Crippen LogP contribution in [-0.4, -0.2) is 36.8 Å². The maximum absolute atomic E-state index is 10.9. The summed E-state index contributed by atoms with van der Waals surface area (Å²) in [5.41, 5.74) is 0. The van der Waals surface area contributed by atoms with Gasteiger partial charge in [0.05, 0.1) is 0 Å². The molecule has 1 fully saturated rings. The second-order valence-corrected chi connectivity index (χ2v) is 8.10. The molecular formula is C8H15BrO2S2. The monoisotopic (exact) mass is 286 g/mol. The minimum atomic E-state index is -2.76. The maximum Gasteiger partial charge on any atom is 0.147 e. The first-order valence-electron chi connectivity index (χ1n) is 4.38. The fourth-order valence-corrected chi connectivity index (χ4v) is 4.73. The van der Waals surface area contributed by atoms with Gasteiger partial charge in [-0.05, 0) is 24.5 Å². The van der Waals surface area contributed by atoms with Crippen molar-refractivity contribution < 1.29 is 8.42 Å². The highest BCUT2D eigenvalue weighted by atomic mass is 79.9. The predicted molar refractivity (Wildman–Crippen MR) is 62.5 cm³/mol. The number of halogens is 1. The first kappa shape index (κ1) is 11.9. The summed E-state index contributed by atoms with van der Waals surface area (Å²) < 4.78 is 21.7. The summed E-state index contributed by atoms with van der Waals surface area (Å²) in [7, 11) is -2.76. The smallest absolute Gasteiger partial charge is 0.147 e. The molecule has 0 saturated carbocycles. The molecule has 13 heavy (non-hydrogen) atoms. The van der Waals surface area contributed by atoms with Crippen molar-refractivity contribution >= 4 is 37.5 Å². The van der Waals surface area contributed by atoms with Crippen LogP contribution in [0.2, 0.25) is 0 Å². The number of sulfone groups is 1. The average molecular weight is 287 g/mol. The van der Waals surface area contributed by atoms with E-state index in [1.54, 1.807) is 0 Å². The molecule has 2 nitrogen and oxygen atoms in total. The average Bonchev–Trinajstić information content (AvgIpc) is 2.34. The van der Waals surface area contributed by atoms with Crippen molar-refractivity contribution in [2.45, 2.75) is 17.7 Å². The van der Waals surface area contributed by atoms with Crippen molar-refractivity contribution in [3.05, 3.63) is 0 Å². The summed E-state index contributed by atoms with van der Waals surface area (Å²) in [6.07, 6.45) is 3.16. The van der Waals surface area contributed by atoms with Crippen LogP contribution in [0.3, 0.4) is 0 Å². The Hall–Kier alpha value is 0.780. The van der Waals surface area contributed by atoms with Crippen molar-refractivity contribution in [2.75, 3.05) is 23.5 Å². The molecule has 5 heteroatoms. The Morgan fingerprint density at radius 3 is 2.62 bits per heavy atom. The summed E-state index contributed by atoms with van der Waals surface area (Å²) >= 11 is 5.57. The molecule has 78 valence electrons. The molecule has 0 amide bonds. The summed E-state index contributed by atoms with van der Waals surface area (Å²) in [5, 5.41) is 0. The van der Waals surface area contributed by atoms with Crippen LogP contribution < -0.4 is 0 Å². The van der Waals surface area contributed by atoms with E-state index < -0.39 is 9.84 Å². The van der Waals surface area contributed by atoms with Gasteiger partial charge in [0.1, 0.15) is 9.84 Å². The first-order chi connectivity index (χ1) is 5.99. The van der Waals surface area contributed by atoms with E-state index in [2.05, 4.69) is 15.9 Å². The molecule has 1 heterocycles. The Morgan fingerprint density at radius 2 is 2.15 bits per heavy atom. The number of hydrogen-bond donors (Lipinski definition) is 0. The highest BCUT2D eigenvalue weighted by Crippen LogP contribution is 2.32. The molecular weight excluding hydrogens is 272 g/mol. The van der Waals surface area contributed by atoms with Crippen molar-refractivity contribution in [1.29, 1.82) is 0 Å². The molecule has 1 saturated heterocycles. The Labute approximate surface area is 92.9 Å². The van der Waals surface area contributed by atoms with Crippen molar-refractivity contribution in [3.8, 4) is 0 Å². The zero-order chi connectivity index (χ0) is 9.90. The van der Waals surface area contributed by atoms with Gasteiger partial charge >= 0.3 is 0 Å². The molecule has 1 rings (SSSR count). The van der Waals surface area contributed by atoms with E-state index in [1.165, 1.54) is 17.8 Å². The summed E-state index contributed by atoms with van der Waals surface area (Å²) in [5.74, 6) is 3.36. The lowest BCUT2D eigenvalue weighted by atomic mass is 10.0. The van der Waals surface area contributed by atoms with Gasteiger partial charge in [0.25, 0.3) is 0 Å². The summed E-state index contributed by atoms with van der Waals surface area (Å²) in [6.45, 7) is 0. The maximum atomic E-state index is 10.9. The minimum absolute atomic E-state index is 0.341. The normalized spacial score (nSPS) is 29.4. The Morgan fingerprint density at radius 1 is 1.46 bits per heavy atom. The molecule has 0 bridgehead atoms. The van der Waals surface area contributed by atoms with Crippen LogP contribution in [0.5, 0.6) is 0 Å². The molecule has 0 aromatic carbocycles. The number of thioether (sulfide) groups is 1. The fourth-order valence-electron chi connectivity index (χ4n) is 1.44. The van der Waals surface area contributed by atoms with Gasteiger partial charge in [-0.25, -0.2) is 8.42 Å². The number of rotatable bonds is 4. The summed E-state index contributed by atoms with van der Waals surface area (Å²) in [6, 6.07) is 0. The Balaban J connectivity index is 2.19. The van der Waals surface area contributed by atoms with E-state index in [1.807, 2.05) is 11.8 Å². The lowest BCUT2D eigenvalue weighted by Crippen LogP contribution is -2.13. The predicted octanol–water partition coefficient (Wildman–Crippen LogP) is 1.94. The summed E-state index contributed by atoms with van der Waals surface area (Å²) in [4.78, 5) is 0.595. The van der Waals surface area contributed by atoms with Gasteiger partial charge in [-0.3, -0.25) is 0 Å². The van der Waals surface area contributed by atoms with Crippen LogP contribution in [0.15, 0.2) is 0 Å². The third kappa shape index (κ3) is 4.70. The van der Waals surface area contributed by atoms with Crippen molar-refractivity contribution in [3.63, 3.8) is 0 Å². The Bertz CT molecular complexity index is 251. The van der Waals surface area contributed by atoms with Crippen molar-refractivity contribution in [1.82, 2.24) is 0 Å². The number of alkyl halides is 1. The second-order valence-electron chi connectivity index (χ2n) is 3.59. The largest absolute Gasteiger partial charge is 0.229 e. The SMILES string of the molecule is CS(=O)(=O)CCCC1CSCC1Br. The highest BCUT2D eigenvalue weighted by molar-refractivity contribution is 9.09. The van der Waals surface area contributed by atoms with Gasteiger partial charge < -0.3 is 0 Å². The molecule has 2 unspecified atom stereocenters. The molecule has 0 radical (unpaired) electrons. The standard InChI is InChI=1S/C8H15BrO2S2/c1-13(10,11)4-2-3-7-5-12-6-8(7)9/h7-8H,2-6H2,1H3. The quantitative estimate of drug-likeness (QED) is 0.741.